The van der Waals surface area contributed by atoms with Crippen LogP contribution >= 0.6 is 15.9 Å². The van der Waals surface area contributed by atoms with E-state index in [9.17, 15) is 0 Å². The topological polar surface area (TPSA) is 40.7 Å². The third-order valence-electron chi connectivity index (χ3n) is 3.83. The van der Waals surface area contributed by atoms with Crippen LogP contribution in [0.25, 0.3) is 22.4 Å². The molecule has 0 spiro atoms. The highest BCUT2D eigenvalue weighted by Gasteiger charge is 2.13. The van der Waals surface area contributed by atoms with Crippen molar-refractivity contribution in [3.63, 3.8) is 0 Å². The Labute approximate surface area is 125 Å². The van der Waals surface area contributed by atoms with Crippen molar-refractivity contribution in [3.05, 3.63) is 45.9 Å². The Bertz CT molecular complexity index is 820. The molecule has 0 unspecified atom stereocenters. The summed E-state index contributed by atoms with van der Waals surface area (Å²) in [5.41, 5.74) is 7.08. The lowest BCUT2D eigenvalue weighted by Crippen LogP contribution is -1.90. The van der Waals surface area contributed by atoms with Gasteiger partial charge in [0, 0.05) is 22.3 Å². The Balaban J connectivity index is 1.88. The number of H-pyrrole nitrogens is 1. The molecule has 0 amide bonds. The van der Waals surface area contributed by atoms with Gasteiger partial charge in [-0.3, -0.25) is 0 Å². The summed E-state index contributed by atoms with van der Waals surface area (Å²) in [5, 5.41) is 3.39. The fraction of sp³-hybridized carbons (Fsp3) is 0.188. The molecule has 4 heteroatoms. The number of anilines is 1. The Morgan fingerprint density at radius 2 is 2.10 bits per heavy atom. The van der Waals surface area contributed by atoms with Crippen LogP contribution in [0.2, 0.25) is 0 Å². The molecule has 0 saturated carbocycles. The first-order chi connectivity index (χ1) is 9.70. The molecule has 1 aliphatic rings. The lowest BCUT2D eigenvalue weighted by atomic mass is 10.1. The number of aryl methyl sites for hydroxylation is 1. The Morgan fingerprint density at radius 1 is 1.20 bits per heavy atom. The van der Waals surface area contributed by atoms with E-state index in [0.29, 0.717) is 0 Å². The fourth-order valence-electron chi connectivity index (χ4n) is 2.84. The van der Waals surface area contributed by atoms with Gasteiger partial charge in [-0.25, -0.2) is 4.98 Å². The summed E-state index contributed by atoms with van der Waals surface area (Å²) in [6.07, 6.45) is 1.09. The second-order valence-corrected chi connectivity index (χ2v) is 6.17. The summed E-state index contributed by atoms with van der Waals surface area (Å²) in [6.45, 7) is 3.12. The molecule has 20 heavy (non-hydrogen) atoms. The number of halogens is 1. The van der Waals surface area contributed by atoms with Crippen LogP contribution in [-0.4, -0.2) is 16.5 Å². The number of hydrogen-bond acceptors (Lipinski definition) is 2. The molecule has 0 atom stereocenters. The molecule has 2 aromatic carbocycles. The standard InChI is InChI=1S/C16H14BrN3/c1-9-6-12(17)8-14-15(9)20-16(19-14)11-2-3-13-10(7-11)4-5-18-13/h2-3,6-8,18H,4-5H2,1H3,(H,19,20). The van der Waals surface area contributed by atoms with Crippen molar-refractivity contribution in [1.82, 2.24) is 9.97 Å². The van der Waals surface area contributed by atoms with Gasteiger partial charge >= 0.3 is 0 Å². The van der Waals surface area contributed by atoms with Gasteiger partial charge in [0.15, 0.2) is 0 Å². The summed E-state index contributed by atoms with van der Waals surface area (Å²) in [7, 11) is 0. The van der Waals surface area contributed by atoms with E-state index < -0.39 is 0 Å². The van der Waals surface area contributed by atoms with Gasteiger partial charge < -0.3 is 10.3 Å². The van der Waals surface area contributed by atoms with Crippen molar-refractivity contribution < 1.29 is 0 Å². The number of nitrogens with zero attached hydrogens (tertiary/aromatic N) is 1. The van der Waals surface area contributed by atoms with Crippen molar-refractivity contribution in [1.29, 1.82) is 0 Å². The van der Waals surface area contributed by atoms with Crippen LogP contribution in [0, 0.1) is 6.92 Å². The van der Waals surface area contributed by atoms with E-state index in [0.717, 1.165) is 39.9 Å². The molecule has 3 aromatic rings. The molecule has 0 saturated heterocycles. The minimum absolute atomic E-state index is 0.941. The van der Waals surface area contributed by atoms with E-state index >= 15 is 0 Å². The van der Waals surface area contributed by atoms with Crippen LogP contribution < -0.4 is 5.32 Å². The number of aromatic nitrogens is 2. The number of aromatic amines is 1. The van der Waals surface area contributed by atoms with Crippen LogP contribution in [0.3, 0.4) is 0 Å². The van der Waals surface area contributed by atoms with Crippen molar-refractivity contribution >= 4 is 32.7 Å². The normalized spacial score (nSPS) is 13.5. The molecular formula is C16H14BrN3. The zero-order valence-corrected chi connectivity index (χ0v) is 12.7. The third kappa shape index (κ3) is 1.83. The molecule has 0 radical (unpaired) electrons. The molecule has 1 aliphatic heterocycles. The van der Waals surface area contributed by atoms with E-state index in [-0.39, 0.29) is 0 Å². The third-order valence-corrected chi connectivity index (χ3v) is 4.29. The van der Waals surface area contributed by atoms with E-state index in [2.05, 4.69) is 63.5 Å². The van der Waals surface area contributed by atoms with Crippen molar-refractivity contribution in [2.45, 2.75) is 13.3 Å². The van der Waals surface area contributed by atoms with E-state index in [4.69, 9.17) is 4.98 Å². The number of fused-ring (bicyclic) bond motifs is 2. The predicted molar refractivity (Wildman–Crippen MR) is 86.2 cm³/mol. The first kappa shape index (κ1) is 12.0. The van der Waals surface area contributed by atoms with Gasteiger partial charge in [-0.15, -0.1) is 0 Å². The van der Waals surface area contributed by atoms with Crippen LogP contribution in [-0.2, 0) is 6.42 Å². The lowest BCUT2D eigenvalue weighted by molar-refractivity contribution is 1.11. The second-order valence-electron chi connectivity index (χ2n) is 5.25. The van der Waals surface area contributed by atoms with Crippen LogP contribution in [0.15, 0.2) is 34.8 Å². The van der Waals surface area contributed by atoms with Gasteiger partial charge in [0.1, 0.15) is 5.82 Å². The highest BCUT2D eigenvalue weighted by atomic mass is 79.9. The number of rotatable bonds is 1. The number of hydrogen-bond donors (Lipinski definition) is 2. The average molecular weight is 328 g/mol. The molecule has 1 aromatic heterocycles. The Morgan fingerprint density at radius 3 is 3.00 bits per heavy atom. The monoisotopic (exact) mass is 327 g/mol. The Kier molecular flexibility index (Phi) is 2.60. The minimum atomic E-state index is 0.941. The number of benzene rings is 2. The van der Waals surface area contributed by atoms with Crippen LogP contribution in [0.4, 0.5) is 5.69 Å². The SMILES string of the molecule is Cc1cc(Br)cc2[nH]c(-c3ccc4c(c3)CCN4)nc12. The summed E-state index contributed by atoms with van der Waals surface area (Å²) in [4.78, 5) is 8.18. The smallest absolute Gasteiger partial charge is 0.138 e. The largest absolute Gasteiger partial charge is 0.384 e. The predicted octanol–water partition coefficient (Wildman–Crippen LogP) is 4.27. The van der Waals surface area contributed by atoms with Gasteiger partial charge in [0.25, 0.3) is 0 Å². The number of imidazole rings is 1. The molecule has 0 aliphatic carbocycles. The average Bonchev–Trinajstić information content (AvgIpc) is 3.03. The van der Waals surface area contributed by atoms with Crippen molar-refractivity contribution in [3.8, 4) is 11.4 Å². The Hall–Kier alpha value is -1.81. The maximum atomic E-state index is 4.75. The summed E-state index contributed by atoms with van der Waals surface area (Å²) < 4.78 is 1.08. The van der Waals surface area contributed by atoms with Crippen LogP contribution in [0.1, 0.15) is 11.1 Å². The summed E-state index contributed by atoms with van der Waals surface area (Å²) in [6, 6.07) is 10.7. The molecular weight excluding hydrogens is 314 g/mol. The first-order valence-electron chi connectivity index (χ1n) is 6.74. The summed E-state index contributed by atoms with van der Waals surface area (Å²) >= 11 is 3.53. The molecule has 100 valence electrons. The molecule has 2 N–H and O–H groups in total. The second kappa shape index (κ2) is 4.35. The van der Waals surface area contributed by atoms with Gasteiger partial charge in [0.2, 0.25) is 0 Å². The fourth-order valence-corrected chi connectivity index (χ4v) is 3.41. The van der Waals surface area contributed by atoms with E-state index in [1.54, 1.807) is 0 Å². The minimum Gasteiger partial charge on any atom is -0.384 e. The molecule has 4 rings (SSSR count). The highest BCUT2D eigenvalue weighted by molar-refractivity contribution is 9.10. The first-order valence-corrected chi connectivity index (χ1v) is 7.53. The zero-order chi connectivity index (χ0) is 13.7. The van der Waals surface area contributed by atoms with Crippen molar-refractivity contribution in [2.75, 3.05) is 11.9 Å². The molecule has 0 bridgehead atoms. The molecule has 2 heterocycles. The summed E-state index contributed by atoms with van der Waals surface area (Å²) in [5.74, 6) is 0.941. The molecule has 0 fully saturated rings. The highest BCUT2D eigenvalue weighted by Crippen LogP contribution is 2.30. The van der Waals surface area contributed by atoms with Gasteiger partial charge in [0.05, 0.1) is 11.0 Å². The van der Waals surface area contributed by atoms with Gasteiger partial charge in [-0.05, 0) is 54.8 Å². The quantitative estimate of drug-likeness (QED) is 0.700. The van der Waals surface area contributed by atoms with E-state index in [1.807, 2.05) is 0 Å². The maximum absolute atomic E-state index is 4.75. The zero-order valence-electron chi connectivity index (χ0n) is 11.1. The van der Waals surface area contributed by atoms with Gasteiger partial charge in [-0.1, -0.05) is 15.9 Å². The van der Waals surface area contributed by atoms with Gasteiger partial charge in [-0.2, -0.15) is 0 Å². The maximum Gasteiger partial charge on any atom is 0.138 e. The molecule has 3 nitrogen and oxygen atoms in total. The lowest BCUT2D eigenvalue weighted by Gasteiger charge is -2.01. The van der Waals surface area contributed by atoms with Crippen molar-refractivity contribution in [2.24, 2.45) is 0 Å². The van der Waals surface area contributed by atoms with E-state index in [1.165, 1.54) is 16.8 Å². The van der Waals surface area contributed by atoms with Crippen LogP contribution in [0.5, 0.6) is 0 Å². The number of nitrogens with one attached hydrogen (secondary N) is 2.